The van der Waals surface area contributed by atoms with E-state index in [9.17, 15) is 4.79 Å². The first kappa shape index (κ1) is 5.35. The molecule has 0 amide bonds. The van der Waals surface area contributed by atoms with Crippen LogP contribution in [0.5, 0.6) is 0 Å². The largest absolute Gasteiger partial charge is 0.490 e. The fourth-order valence-electron chi connectivity index (χ4n) is 0.659. The van der Waals surface area contributed by atoms with Gasteiger partial charge in [0, 0.05) is 0 Å². The Kier molecular flexibility index (Phi) is 1.67. The van der Waals surface area contributed by atoms with Crippen LogP contribution in [0.2, 0.25) is 0 Å². The highest BCUT2D eigenvalue weighted by atomic mass is 16.5. The zero-order valence-corrected chi connectivity index (χ0v) is 4.59. The molecule has 0 bridgehead atoms. The molecule has 0 spiro atoms. The van der Waals surface area contributed by atoms with Gasteiger partial charge in [-0.3, -0.25) is 4.79 Å². The number of carbonyl (C=O) groups excluding carboxylic acids is 1. The predicted molar refractivity (Wildman–Crippen MR) is 29.3 cm³/mol. The Morgan fingerprint density at radius 1 is 1.75 bits per heavy atom. The van der Waals surface area contributed by atoms with Gasteiger partial charge in [-0.25, -0.2) is 0 Å². The maximum atomic E-state index is 9.97. The van der Waals surface area contributed by atoms with Crippen molar-refractivity contribution in [1.82, 2.24) is 0 Å². The van der Waals surface area contributed by atoms with Crippen LogP contribution in [0.4, 0.5) is 0 Å². The Bertz CT molecular complexity index is 116. The molecule has 2 nitrogen and oxygen atoms in total. The Morgan fingerprint density at radius 2 is 2.62 bits per heavy atom. The first-order valence-corrected chi connectivity index (χ1v) is 2.71. The number of hydrogen-bond donors (Lipinski definition) is 0. The molecule has 0 N–H and O–H groups in total. The summed E-state index contributed by atoms with van der Waals surface area (Å²) in [6.45, 7) is 0.699. The van der Waals surface area contributed by atoms with Gasteiger partial charge in [0.1, 0.15) is 0 Å². The second kappa shape index (κ2) is 2.50. The molecule has 0 fully saturated rings. The lowest BCUT2D eigenvalue weighted by atomic mass is 10.2. The molecule has 8 heavy (non-hydrogen) atoms. The molecule has 1 aliphatic heterocycles. The van der Waals surface area contributed by atoms with Gasteiger partial charge in [-0.15, -0.1) is 0 Å². The molecular weight excluding hydrogens is 104 g/mol. The van der Waals surface area contributed by atoms with Crippen LogP contribution in [0, 0.1) is 0 Å². The molecule has 2 heteroatoms. The highest BCUT2D eigenvalue weighted by Gasteiger charge is 1.99. The summed E-state index contributed by atoms with van der Waals surface area (Å²) in [5.74, 6) is 0.497. The van der Waals surface area contributed by atoms with Crippen LogP contribution in [0.25, 0.3) is 0 Å². The van der Waals surface area contributed by atoms with E-state index in [1.165, 1.54) is 0 Å². The lowest BCUT2D eigenvalue weighted by Crippen LogP contribution is -2.00. The molecule has 1 rings (SSSR count). The van der Waals surface area contributed by atoms with E-state index in [0.717, 1.165) is 19.1 Å². The molecule has 0 atom stereocenters. The zero-order valence-electron chi connectivity index (χ0n) is 4.59. The Hall–Kier alpha value is -0.790. The minimum Gasteiger partial charge on any atom is -0.490 e. The summed E-state index contributed by atoms with van der Waals surface area (Å²) in [6.07, 6.45) is 4.58. The van der Waals surface area contributed by atoms with Gasteiger partial charge in [-0.05, 0) is 18.9 Å². The Balaban J connectivity index is 2.49. The van der Waals surface area contributed by atoms with Crippen LogP contribution in [-0.4, -0.2) is 12.9 Å². The van der Waals surface area contributed by atoms with E-state index in [2.05, 4.69) is 0 Å². The molecule has 0 unspecified atom stereocenters. The molecule has 0 aliphatic carbocycles. The van der Waals surface area contributed by atoms with Gasteiger partial charge in [-0.2, -0.15) is 0 Å². The molecule has 0 saturated carbocycles. The number of carbonyl (C=O) groups is 1. The summed E-state index contributed by atoms with van der Waals surface area (Å²) in [6, 6.07) is 0. The SMILES string of the molecule is O=CC1=CCCCO1. The average molecular weight is 112 g/mol. The van der Waals surface area contributed by atoms with Crippen LogP contribution in [0.1, 0.15) is 12.8 Å². The van der Waals surface area contributed by atoms with Crippen molar-refractivity contribution in [2.45, 2.75) is 12.8 Å². The molecular formula is C6H8O2. The topological polar surface area (TPSA) is 26.3 Å². The van der Waals surface area contributed by atoms with E-state index in [0.29, 0.717) is 12.4 Å². The van der Waals surface area contributed by atoms with Crippen molar-refractivity contribution in [2.24, 2.45) is 0 Å². The quantitative estimate of drug-likeness (QED) is 0.471. The van der Waals surface area contributed by atoms with Crippen LogP contribution < -0.4 is 0 Å². The minimum atomic E-state index is 0.497. The molecule has 0 radical (unpaired) electrons. The highest BCUT2D eigenvalue weighted by molar-refractivity contribution is 5.70. The third-order valence-corrected chi connectivity index (χ3v) is 1.08. The average Bonchev–Trinajstić information content (AvgIpc) is 1.90. The van der Waals surface area contributed by atoms with E-state index in [1.54, 1.807) is 0 Å². The van der Waals surface area contributed by atoms with Crippen molar-refractivity contribution < 1.29 is 9.53 Å². The van der Waals surface area contributed by atoms with E-state index < -0.39 is 0 Å². The van der Waals surface area contributed by atoms with Crippen molar-refractivity contribution in [1.29, 1.82) is 0 Å². The number of aldehydes is 1. The minimum absolute atomic E-state index is 0.497. The van der Waals surface area contributed by atoms with E-state index >= 15 is 0 Å². The molecule has 44 valence electrons. The van der Waals surface area contributed by atoms with Crippen LogP contribution in [0.15, 0.2) is 11.8 Å². The zero-order chi connectivity index (χ0) is 5.82. The van der Waals surface area contributed by atoms with Gasteiger partial charge in [0.05, 0.1) is 6.61 Å². The number of ether oxygens (including phenoxy) is 1. The maximum Gasteiger partial charge on any atom is 0.184 e. The summed E-state index contributed by atoms with van der Waals surface area (Å²) in [5.41, 5.74) is 0. The summed E-state index contributed by atoms with van der Waals surface area (Å²) in [5, 5.41) is 0. The third-order valence-electron chi connectivity index (χ3n) is 1.08. The van der Waals surface area contributed by atoms with Crippen LogP contribution in [0.3, 0.4) is 0 Å². The fraction of sp³-hybridized carbons (Fsp3) is 0.500. The summed E-state index contributed by atoms with van der Waals surface area (Å²) < 4.78 is 4.92. The van der Waals surface area contributed by atoms with E-state index in [-0.39, 0.29) is 0 Å². The van der Waals surface area contributed by atoms with Gasteiger partial charge >= 0.3 is 0 Å². The van der Waals surface area contributed by atoms with Crippen molar-refractivity contribution in [3.63, 3.8) is 0 Å². The number of hydrogen-bond acceptors (Lipinski definition) is 2. The standard InChI is InChI=1S/C6H8O2/c7-5-6-3-1-2-4-8-6/h3,5H,1-2,4H2. The second-order valence-corrected chi connectivity index (χ2v) is 1.72. The third kappa shape index (κ3) is 1.09. The van der Waals surface area contributed by atoms with Crippen LogP contribution in [-0.2, 0) is 9.53 Å². The van der Waals surface area contributed by atoms with Gasteiger partial charge in [-0.1, -0.05) is 0 Å². The van der Waals surface area contributed by atoms with Crippen molar-refractivity contribution >= 4 is 6.29 Å². The maximum absolute atomic E-state index is 9.97. The summed E-state index contributed by atoms with van der Waals surface area (Å²) >= 11 is 0. The smallest absolute Gasteiger partial charge is 0.184 e. The fourth-order valence-corrected chi connectivity index (χ4v) is 0.659. The van der Waals surface area contributed by atoms with E-state index in [1.807, 2.05) is 6.08 Å². The summed E-state index contributed by atoms with van der Waals surface area (Å²) in [4.78, 5) is 9.97. The Morgan fingerprint density at radius 3 is 3.00 bits per heavy atom. The van der Waals surface area contributed by atoms with Crippen molar-refractivity contribution in [3.05, 3.63) is 11.8 Å². The van der Waals surface area contributed by atoms with Gasteiger partial charge in [0.2, 0.25) is 0 Å². The molecule has 1 heterocycles. The predicted octanol–water partition coefficient (Wildman–Crippen LogP) is 0.880. The Labute approximate surface area is 48.1 Å². The molecule has 0 aromatic rings. The van der Waals surface area contributed by atoms with E-state index in [4.69, 9.17) is 4.74 Å². The first-order valence-electron chi connectivity index (χ1n) is 2.71. The summed E-state index contributed by atoms with van der Waals surface area (Å²) in [7, 11) is 0. The van der Waals surface area contributed by atoms with Gasteiger partial charge < -0.3 is 4.74 Å². The second-order valence-electron chi connectivity index (χ2n) is 1.72. The molecule has 1 aliphatic rings. The monoisotopic (exact) mass is 112 g/mol. The lowest BCUT2D eigenvalue weighted by molar-refractivity contribution is -0.108. The van der Waals surface area contributed by atoms with Gasteiger partial charge in [0.15, 0.2) is 12.0 Å². The molecule has 0 aromatic carbocycles. The number of rotatable bonds is 1. The lowest BCUT2D eigenvalue weighted by Gasteiger charge is -2.08. The van der Waals surface area contributed by atoms with Gasteiger partial charge in [0.25, 0.3) is 0 Å². The molecule has 0 saturated heterocycles. The van der Waals surface area contributed by atoms with Crippen LogP contribution >= 0.6 is 0 Å². The van der Waals surface area contributed by atoms with Crippen molar-refractivity contribution in [2.75, 3.05) is 6.61 Å². The van der Waals surface area contributed by atoms with Crippen molar-refractivity contribution in [3.8, 4) is 0 Å². The number of allylic oxidation sites excluding steroid dienone is 2. The first-order chi connectivity index (χ1) is 3.93. The normalized spacial score (nSPS) is 18.8. The highest BCUT2D eigenvalue weighted by Crippen LogP contribution is 2.06. The molecule has 0 aromatic heterocycles.